The molecule has 1 aromatic carbocycles. The third kappa shape index (κ3) is 4.45. The molecule has 5 nitrogen and oxygen atoms in total. The van der Waals surface area contributed by atoms with Crippen molar-refractivity contribution in [2.75, 3.05) is 39.4 Å². The highest BCUT2D eigenvalue weighted by atomic mass is 19.1. The van der Waals surface area contributed by atoms with E-state index in [4.69, 9.17) is 4.74 Å². The largest absolute Gasteiger partial charge is 0.390 e. The Balaban J connectivity index is 1.83. The zero-order valence-electron chi connectivity index (χ0n) is 11.5. The molecule has 2 N–H and O–H groups in total. The van der Waals surface area contributed by atoms with E-state index in [1.807, 2.05) is 4.90 Å². The van der Waals surface area contributed by atoms with E-state index < -0.39 is 29.2 Å². The molecule has 21 heavy (non-hydrogen) atoms. The van der Waals surface area contributed by atoms with Crippen LogP contribution in [0.15, 0.2) is 18.2 Å². The van der Waals surface area contributed by atoms with Gasteiger partial charge in [-0.15, -0.1) is 0 Å². The first-order chi connectivity index (χ1) is 10.1. The van der Waals surface area contributed by atoms with Crippen molar-refractivity contribution in [2.45, 2.75) is 6.10 Å². The molecule has 1 fully saturated rings. The zero-order chi connectivity index (χ0) is 15.2. The molecule has 0 bridgehead atoms. The molecule has 0 radical (unpaired) electrons. The number of halogens is 2. The Morgan fingerprint density at radius 3 is 2.57 bits per heavy atom. The summed E-state index contributed by atoms with van der Waals surface area (Å²) in [5.74, 6) is -2.71. The monoisotopic (exact) mass is 300 g/mol. The highest BCUT2D eigenvalue weighted by molar-refractivity contribution is 5.94. The van der Waals surface area contributed by atoms with Crippen LogP contribution in [-0.2, 0) is 4.74 Å². The Hall–Kier alpha value is -1.57. The minimum absolute atomic E-state index is 0.0655. The highest BCUT2D eigenvalue weighted by Gasteiger charge is 2.19. The maximum absolute atomic E-state index is 13.4. The second kappa shape index (κ2) is 7.44. The van der Waals surface area contributed by atoms with Gasteiger partial charge in [0.05, 0.1) is 19.3 Å². The van der Waals surface area contributed by atoms with Crippen molar-refractivity contribution < 1.29 is 23.4 Å². The molecule has 1 amide bonds. The number of rotatable bonds is 5. The molecular weight excluding hydrogens is 282 g/mol. The molecule has 1 aliphatic heterocycles. The fourth-order valence-corrected chi connectivity index (χ4v) is 2.16. The molecule has 0 spiro atoms. The van der Waals surface area contributed by atoms with Crippen molar-refractivity contribution >= 4 is 5.91 Å². The summed E-state index contributed by atoms with van der Waals surface area (Å²) in [6.07, 6.45) is -0.804. The summed E-state index contributed by atoms with van der Waals surface area (Å²) in [6.45, 7) is 2.96. The fourth-order valence-electron chi connectivity index (χ4n) is 2.16. The van der Waals surface area contributed by atoms with Gasteiger partial charge in [-0.2, -0.15) is 0 Å². The number of nitrogens with one attached hydrogen (secondary N) is 1. The van der Waals surface area contributed by atoms with E-state index >= 15 is 0 Å². The van der Waals surface area contributed by atoms with Gasteiger partial charge >= 0.3 is 0 Å². The predicted octanol–water partition coefficient (Wildman–Crippen LogP) is 0.388. The average Bonchev–Trinajstić information content (AvgIpc) is 2.46. The van der Waals surface area contributed by atoms with Crippen LogP contribution in [0.1, 0.15) is 10.4 Å². The minimum Gasteiger partial charge on any atom is -0.390 e. The van der Waals surface area contributed by atoms with Gasteiger partial charge in [-0.25, -0.2) is 8.78 Å². The molecule has 2 rings (SSSR count). The summed E-state index contributed by atoms with van der Waals surface area (Å²) < 4.78 is 32.0. The van der Waals surface area contributed by atoms with Crippen LogP contribution in [-0.4, -0.2) is 61.4 Å². The lowest BCUT2D eigenvalue weighted by molar-refractivity contribution is 0.0149. The maximum Gasteiger partial charge on any atom is 0.257 e. The highest BCUT2D eigenvalue weighted by Crippen LogP contribution is 2.11. The topological polar surface area (TPSA) is 61.8 Å². The van der Waals surface area contributed by atoms with Crippen molar-refractivity contribution in [3.8, 4) is 0 Å². The molecular formula is C14H18F2N2O3. The number of aliphatic hydroxyl groups excluding tert-OH is 1. The first kappa shape index (κ1) is 15.8. The van der Waals surface area contributed by atoms with Crippen LogP contribution in [0, 0.1) is 11.6 Å². The first-order valence-electron chi connectivity index (χ1n) is 6.78. The third-order valence-corrected chi connectivity index (χ3v) is 3.26. The first-order valence-corrected chi connectivity index (χ1v) is 6.78. The predicted molar refractivity (Wildman–Crippen MR) is 72.0 cm³/mol. The van der Waals surface area contributed by atoms with Crippen molar-refractivity contribution in [1.29, 1.82) is 0 Å². The van der Waals surface area contributed by atoms with Crippen LogP contribution in [0.2, 0.25) is 0 Å². The average molecular weight is 300 g/mol. The van der Waals surface area contributed by atoms with Crippen molar-refractivity contribution in [2.24, 2.45) is 0 Å². The zero-order valence-corrected chi connectivity index (χ0v) is 11.5. The third-order valence-electron chi connectivity index (χ3n) is 3.26. The van der Waals surface area contributed by atoms with Crippen LogP contribution in [0.25, 0.3) is 0 Å². The number of hydrogen-bond donors (Lipinski definition) is 2. The maximum atomic E-state index is 13.4. The smallest absolute Gasteiger partial charge is 0.257 e. The van der Waals surface area contributed by atoms with E-state index in [2.05, 4.69) is 5.32 Å². The van der Waals surface area contributed by atoms with Gasteiger partial charge in [0, 0.05) is 26.2 Å². The second-order valence-electron chi connectivity index (χ2n) is 4.87. The summed E-state index contributed by atoms with van der Waals surface area (Å²) in [4.78, 5) is 13.8. The number of aliphatic hydroxyl groups is 1. The summed E-state index contributed by atoms with van der Waals surface area (Å²) in [5, 5.41) is 12.2. The number of benzene rings is 1. The van der Waals surface area contributed by atoms with Gasteiger partial charge in [-0.05, 0) is 12.1 Å². The van der Waals surface area contributed by atoms with Crippen LogP contribution in [0.5, 0.6) is 0 Å². The summed E-state index contributed by atoms with van der Waals surface area (Å²) in [7, 11) is 0. The molecule has 0 aromatic heterocycles. The van der Waals surface area contributed by atoms with E-state index in [0.717, 1.165) is 12.1 Å². The molecule has 7 heteroatoms. The van der Waals surface area contributed by atoms with Crippen LogP contribution >= 0.6 is 0 Å². The number of morpholine rings is 1. The van der Waals surface area contributed by atoms with E-state index in [1.54, 1.807) is 0 Å². The van der Waals surface area contributed by atoms with Crippen LogP contribution in [0.4, 0.5) is 8.78 Å². The molecule has 116 valence electrons. The Kier molecular flexibility index (Phi) is 5.60. The van der Waals surface area contributed by atoms with Gasteiger partial charge in [0.25, 0.3) is 5.91 Å². The second-order valence-corrected chi connectivity index (χ2v) is 4.87. The normalized spacial score (nSPS) is 17.5. The molecule has 0 aliphatic carbocycles. The Morgan fingerprint density at radius 1 is 1.33 bits per heavy atom. The lowest BCUT2D eigenvalue weighted by Gasteiger charge is -2.28. The van der Waals surface area contributed by atoms with Crippen molar-refractivity contribution in [3.05, 3.63) is 35.4 Å². The minimum atomic E-state index is -0.921. The van der Waals surface area contributed by atoms with E-state index in [1.165, 1.54) is 6.07 Å². The van der Waals surface area contributed by atoms with E-state index in [0.29, 0.717) is 32.8 Å². The molecule has 1 heterocycles. The van der Waals surface area contributed by atoms with Gasteiger partial charge in [0.1, 0.15) is 17.2 Å². The quantitative estimate of drug-likeness (QED) is 0.826. The van der Waals surface area contributed by atoms with E-state index in [-0.39, 0.29) is 6.54 Å². The Bertz CT molecular complexity index is 473. The lowest BCUT2D eigenvalue weighted by Crippen LogP contribution is -2.44. The lowest BCUT2D eigenvalue weighted by atomic mass is 10.2. The number of hydrogen-bond acceptors (Lipinski definition) is 4. The van der Waals surface area contributed by atoms with Gasteiger partial charge in [0.2, 0.25) is 0 Å². The Morgan fingerprint density at radius 2 is 1.95 bits per heavy atom. The van der Waals surface area contributed by atoms with Crippen LogP contribution in [0.3, 0.4) is 0 Å². The van der Waals surface area contributed by atoms with Gasteiger partial charge < -0.3 is 15.2 Å². The molecule has 0 saturated carbocycles. The van der Waals surface area contributed by atoms with Gasteiger partial charge in [-0.3, -0.25) is 9.69 Å². The number of β-amino-alcohol motifs (C(OH)–C–C–N with tert-alkyl or cyclic N) is 1. The van der Waals surface area contributed by atoms with Crippen LogP contribution < -0.4 is 5.32 Å². The number of carbonyl (C=O) groups is 1. The molecule has 1 saturated heterocycles. The summed E-state index contributed by atoms with van der Waals surface area (Å²) in [6, 6.07) is 3.22. The standard InChI is InChI=1S/C14H18F2N2O3/c15-11-2-1-3-12(16)13(11)14(20)17-8-10(19)9-18-4-6-21-7-5-18/h1-3,10,19H,4-9H2,(H,17,20). The van der Waals surface area contributed by atoms with E-state index in [9.17, 15) is 18.7 Å². The van der Waals surface area contributed by atoms with Gasteiger partial charge in [0.15, 0.2) is 0 Å². The SMILES string of the molecule is O=C(NCC(O)CN1CCOCC1)c1c(F)cccc1F. The number of carbonyl (C=O) groups excluding carboxylic acids is 1. The Labute approximate surface area is 121 Å². The summed E-state index contributed by atoms with van der Waals surface area (Å²) >= 11 is 0. The fraction of sp³-hybridized carbons (Fsp3) is 0.500. The summed E-state index contributed by atoms with van der Waals surface area (Å²) in [5.41, 5.74) is -0.629. The molecule has 1 aromatic rings. The molecule has 1 unspecified atom stereocenters. The van der Waals surface area contributed by atoms with Gasteiger partial charge in [-0.1, -0.05) is 6.07 Å². The number of ether oxygens (including phenoxy) is 1. The number of amides is 1. The number of nitrogens with zero attached hydrogens (tertiary/aromatic N) is 1. The molecule has 1 aliphatic rings. The van der Waals surface area contributed by atoms with Crippen molar-refractivity contribution in [3.63, 3.8) is 0 Å². The van der Waals surface area contributed by atoms with Crippen molar-refractivity contribution in [1.82, 2.24) is 10.2 Å². The molecule has 1 atom stereocenters.